The summed E-state index contributed by atoms with van der Waals surface area (Å²) in [5.74, 6) is -0.00597. The number of amides is 1. The van der Waals surface area contributed by atoms with E-state index in [4.69, 9.17) is 5.73 Å². The van der Waals surface area contributed by atoms with Crippen LogP contribution in [0.1, 0.15) is 28.8 Å². The number of carbonyl (C=O) groups excluding carboxylic acids is 1. The third kappa shape index (κ3) is 2.59. The highest BCUT2D eigenvalue weighted by molar-refractivity contribution is 7.92. The number of anilines is 1. The monoisotopic (exact) mass is 323 g/mol. The molecule has 1 aromatic rings. The zero-order chi connectivity index (χ0) is 15.9. The third-order valence-corrected chi connectivity index (χ3v) is 5.67. The molecule has 0 aliphatic carbocycles. The fourth-order valence-electron chi connectivity index (χ4n) is 3.36. The summed E-state index contributed by atoms with van der Waals surface area (Å²) in [7, 11) is -3.26. The Bertz CT molecular complexity index is 702. The molecule has 2 N–H and O–H groups in total. The molecule has 2 aliphatic rings. The fraction of sp³-hybridized carbons (Fsp3) is 0.533. The van der Waals surface area contributed by atoms with Gasteiger partial charge in [0.1, 0.15) is 0 Å². The second kappa shape index (κ2) is 5.55. The van der Waals surface area contributed by atoms with Crippen LogP contribution in [0.25, 0.3) is 0 Å². The second-order valence-electron chi connectivity index (χ2n) is 5.96. The van der Waals surface area contributed by atoms with Crippen LogP contribution < -0.4 is 10.0 Å². The topological polar surface area (TPSA) is 83.7 Å². The van der Waals surface area contributed by atoms with Gasteiger partial charge < -0.3 is 10.6 Å². The van der Waals surface area contributed by atoms with Crippen molar-refractivity contribution < 1.29 is 13.2 Å². The zero-order valence-corrected chi connectivity index (χ0v) is 13.5. The second-order valence-corrected chi connectivity index (χ2v) is 7.87. The molecule has 0 spiro atoms. The molecule has 0 aromatic heterocycles. The predicted octanol–water partition coefficient (Wildman–Crippen LogP) is 0.572. The van der Waals surface area contributed by atoms with Gasteiger partial charge in [-0.2, -0.15) is 0 Å². The lowest BCUT2D eigenvalue weighted by atomic mass is 10.1. The van der Waals surface area contributed by atoms with Gasteiger partial charge in [-0.1, -0.05) is 0 Å². The van der Waals surface area contributed by atoms with Crippen molar-refractivity contribution in [1.29, 1.82) is 0 Å². The minimum Gasteiger partial charge on any atom is -0.334 e. The molecule has 1 aromatic carbocycles. The summed E-state index contributed by atoms with van der Waals surface area (Å²) in [6, 6.07) is 5.41. The van der Waals surface area contributed by atoms with Gasteiger partial charge in [-0.15, -0.1) is 0 Å². The van der Waals surface area contributed by atoms with Gasteiger partial charge >= 0.3 is 0 Å². The number of rotatable bonds is 3. The summed E-state index contributed by atoms with van der Waals surface area (Å²) in [4.78, 5) is 14.5. The van der Waals surface area contributed by atoms with E-state index in [1.807, 2.05) is 11.0 Å². The minimum atomic E-state index is -3.26. The number of sulfonamides is 1. The number of fused-ring (bicyclic) bond motifs is 1. The molecule has 7 heteroatoms. The van der Waals surface area contributed by atoms with Gasteiger partial charge in [-0.25, -0.2) is 8.42 Å². The largest absolute Gasteiger partial charge is 0.334 e. The number of hydrogen-bond donors (Lipinski definition) is 1. The molecule has 1 fully saturated rings. The van der Waals surface area contributed by atoms with E-state index < -0.39 is 10.0 Å². The maximum absolute atomic E-state index is 12.6. The van der Waals surface area contributed by atoms with Crippen molar-refractivity contribution in [2.75, 3.05) is 30.2 Å². The molecule has 2 heterocycles. The minimum absolute atomic E-state index is 0.00597. The van der Waals surface area contributed by atoms with E-state index >= 15 is 0 Å². The van der Waals surface area contributed by atoms with Crippen LogP contribution in [-0.2, 0) is 16.4 Å². The lowest BCUT2D eigenvalue weighted by molar-refractivity contribution is 0.0741. The quantitative estimate of drug-likeness (QED) is 0.881. The highest BCUT2D eigenvalue weighted by atomic mass is 32.2. The summed E-state index contributed by atoms with van der Waals surface area (Å²) >= 11 is 0. The average Bonchev–Trinajstić information content (AvgIpc) is 3.11. The number of likely N-dealkylation sites (tertiary alicyclic amines) is 1. The van der Waals surface area contributed by atoms with Gasteiger partial charge in [-0.05, 0) is 43.0 Å². The molecule has 3 rings (SSSR count). The summed E-state index contributed by atoms with van der Waals surface area (Å²) < 4.78 is 24.9. The predicted molar refractivity (Wildman–Crippen MR) is 85.4 cm³/mol. The number of nitrogens with zero attached hydrogens (tertiary/aromatic N) is 2. The lowest BCUT2D eigenvalue weighted by Gasteiger charge is -2.24. The van der Waals surface area contributed by atoms with Crippen LogP contribution in [0, 0.1) is 0 Å². The smallest absolute Gasteiger partial charge is 0.254 e. The van der Waals surface area contributed by atoms with Crippen LogP contribution >= 0.6 is 0 Å². The van der Waals surface area contributed by atoms with Gasteiger partial charge in [0.15, 0.2) is 0 Å². The summed E-state index contributed by atoms with van der Waals surface area (Å²) in [5.41, 5.74) is 7.96. The van der Waals surface area contributed by atoms with Crippen molar-refractivity contribution in [1.82, 2.24) is 4.90 Å². The van der Waals surface area contributed by atoms with E-state index in [2.05, 4.69) is 0 Å². The molecule has 1 amide bonds. The number of benzene rings is 1. The molecule has 0 bridgehead atoms. The van der Waals surface area contributed by atoms with Crippen LogP contribution in [0.15, 0.2) is 18.2 Å². The standard InChI is InChI=1S/C15H21N3O3S/c1-22(20,21)18-8-6-11-9-12(4-5-14(11)18)15(19)17-7-2-3-13(17)10-16/h4-5,9,13H,2-3,6-8,10,16H2,1H3. The molecular weight excluding hydrogens is 302 g/mol. The van der Waals surface area contributed by atoms with Gasteiger partial charge in [0.25, 0.3) is 5.91 Å². The van der Waals surface area contributed by atoms with Gasteiger partial charge in [0, 0.05) is 31.2 Å². The van der Waals surface area contributed by atoms with Crippen LogP contribution in [0.5, 0.6) is 0 Å². The summed E-state index contributed by atoms with van der Waals surface area (Å²) in [6.07, 6.45) is 3.79. The van der Waals surface area contributed by atoms with E-state index in [1.54, 1.807) is 12.1 Å². The normalized spacial score (nSPS) is 21.3. The fourth-order valence-corrected chi connectivity index (χ4v) is 4.32. The molecule has 1 unspecified atom stereocenters. The van der Waals surface area contributed by atoms with Crippen molar-refractivity contribution in [3.63, 3.8) is 0 Å². The molecule has 22 heavy (non-hydrogen) atoms. The van der Waals surface area contributed by atoms with Crippen molar-refractivity contribution >= 4 is 21.6 Å². The Morgan fingerprint density at radius 1 is 1.36 bits per heavy atom. The molecule has 2 aliphatic heterocycles. The first-order valence-electron chi connectivity index (χ1n) is 7.53. The van der Waals surface area contributed by atoms with Gasteiger partial charge in [-0.3, -0.25) is 9.10 Å². The number of hydrogen-bond acceptors (Lipinski definition) is 4. The average molecular weight is 323 g/mol. The number of nitrogens with two attached hydrogens (primary N) is 1. The lowest BCUT2D eigenvalue weighted by Crippen LogP contribution is -2.39. The maximum atomic E-state index is 12.6. The Balaban J connectivity index is 1.88. The van der Waals surface area contributed by atoms with E-state index in [-0.39, 0.29) is 11.9 Å². The Kier molecular flexibility index (Phi) is 3.86. The molecular formula is C15H21N3O3S. The van der Waals surface area contributed by atoms with E-state index in [0.29, 0.717) is 30.8 Å². The van der Waals surface area contributed by atoms with Gasteiger partial charge in [0.05, 0.1) is 11.9 Å². The highest BCUT2D eigenvalue weighted by Crippen LogP contribution is 2.31. The summed E-state index contributed by atoms with van der Waals surface area (Å²) in [6.45, 7) is 1.67. The third-order valence-electron chi connectivity index (χ3n) is 4.49. The molecule has 0 radical (unpaired) electrons. The SMILES string of the molecule is CS(=O)(=O)N1CCc2cc(C(=O)N3CCCC3CN)ccc21. The van der Waals surface area contributed by atoms with Crippen molar-refractivity contribution in [3.8, 4) is 0 Å². The Morgan fingerprint density at radius 2 is 2.14 bits per heavy atom. The highest BCUT2D eigenvalue weighted by Gasteiger charge is 2.30. The van der Waals surface area contributed by atoms with Gasteiger partial charge in [0.2, 0.25) is 10.0 Å². The van der Waals surface area contributed by atoms with E-state index in [9.17, 15) is 13.2 Å². The van der Waals surface area contributed by atoms with E-state index in [0.717, 1.165) is 24.9 Å². The first kappa shape index (κ1) is 15.3. The Morgan fingerprint density at radius 3 is 2.82 bits per heavy atom. The van der Waals surface area contributed by atoms with Crippen LogP contribution in [0.4, 0.5) is 5.69 Å². The summed E-state index contributed by atoms with van der Waals surface area (Å²) in [5, 5.41) is 0. The first-order valence-corrected chi connectivity index (χ1v) is 9.38. The van der Waals surface area contributed by atoms with Crippen molar-refractivity contribution in [2.24, 2.45) is 5.73 Å². The van der Waals surface area contributed by atoms with Crippen LogP contribution in [0.3, 0.4) is 0 Å². The number of carbonyl (C=O) groups is 1. The van der Waals surface area contributed by atoms with Crippen LogP contribution in [-0.4, -0.2) is 51.2 Å². The Hall–Kier alpha value is -1.60. The maximum Gasteiger partial charge on any atom is 0.254 e. The van der Waals surface area contributed by atoms with Crippen molar-refractivity contribution in [2.45, 2.75) is 25.3 Å². The van der Waals surface area contributed by atoms with Crippen LogP contribution in [0.2, 0.25) is 0 Å². The van der Waals surface area contributed by atoms with Crippen molar-refractivity contribution in [3.05, 3.63) is 29.3 Å². The molecule has 120 valence electrons. The molecule has 0 saturated carbocycles. The van der Waals surface area contributed by atoms with E-state index in [1.165, 1.54) is 10.6 Å². The first-order chi connectivity index (χ1) is 10.4. The molecule has 1 saturated heterocycles. The zero-order valence-electron chi connectivity index (χ0n) is 12.7. The Labute approximate surface area is 130 Å². The molecule has 6 nitrogen and oxygen atoms in total. The molecule has 1 atom stereocenters.